The summed E-state index contributed by atoms with van der Waals surface area (Å²) in [5, 5.41) is 4.18. The Bertz CT molecular complexity index is 475. The average molecular weight is 297 g/mol. The molecular weight excluding hydrogens is 276 g/mol. The van der Waals surface area contributed by atoms with E-state index >= 15 is 0 Å². The number of nitrogens with zero attached hydrogens (tertiary/aromatic N) is 1. The van der Waals surface area contributed by atoms with Gasteiger partial charge < -0.3 is 14.8 Å². The van der Waals surface area contributed by atoms with Crippen LogP contribution in [0.25, 0.3) is 0 Å². The van der Waals surface area contributed by atoms with Crippen LogP contribution in [0, 0.1) is 0 Å². The number of fused-ring (bicyclic) bond motifs is 1. The number of hydrogen-bond donors (Lipinski definition) is 1. The van der Waals surface area contributed by atoms with Crippen molar-refractivity contribution in [3.63, 3.8) is 0 Å². The molecule has 1 N–H and O–H groups in total. The summed E-state index contributed by atoms with van der Waals surface area (Å²) in [6.07, 6.45) is 2.25. The number of halogens is 1. The number of nitrogens with one attached hydrogen (secondary N) is 1. The first-order chi connectivity index (χ1) is 9.79. The molecule has 0 aliphatic carbocycles. The maximum atomic E-state index is 6.48. The summed E-state index contributed by atoms with van der Waals surface area (Å²) in [7, 11) is 0. The standard InChI is InChI=1S/C15H21ClN2O2/c1-2-3-13(18-6-4-17-5-7-18)11-8-14-15(9-12(11)16)20-10-19-14/h8-9,13,17H,2-7,10H2,1H3/t13-/m1/s1. The van der Waals surface area contributed by atoms with Gasteiger partial charge in [0.1, 0.15) is 0 Å². The minimum absolute atomic E-state index is 0.293. The summed E-state index contributed by atoms with van der Waals surface area (Å²) in [5.41, 5.74) is 1.17. The smallest absolute Gasteiger partial charge is 0.231 e. The molecule has 0 radical (unpaired) electrons. The molecule has 1 atom stereocenters. The van der Waals surface area contributed by atoms with E-state index in [2.05, 4.69) is 23.2 Å². The molecule has 0 spiro atoms. The predicted octanol–water partition coefficient (Wildman–Crippen LogP) is 2.82. The molecule has 2 aliphatic rings. The van der Waals surface area contributed by atoms with Gasteiger partial charge in [-0.05, 0) is 18.1 Å². The first kappa shape index (κ1) is 14.0. The highest BCUT2D eigenvalue weighted by Gasteiger charge is 2.26. The number of piperazine rings is 1. The predicted molar refractivity (Wildman–Crippen MR) is 79.7 cm³/mol. The normalized spacial score (nSPS) is 20.1. The third kappa shape index (κ3) is 2.73. The molecule has 0 aromatic heterocycles. The molecule has 4 nitrogen and oxygen atoms in total. The number of hydrogen-bond acceptors (Lipinski definition) is 4. The van der Waals surface area contributed by atoms with E-state index in [1.54, 1.807) is 0 Å². The summed E-state index contributed by atoms with van der Waals surface area (Å²) >= 11 is 6.48. The maximum absolute atomic E-state index is 6.48. The first-order valence-electron chi connectivity index (χ1n) is 7.33. The first-order valence-corrected chi connectivity index (χ1v) is 7.71. The maximum Gasteiger partial charge on any atom is 0.231 e. The van der Waals surface area contributed by atoms with E-state index in [-0.39, 0.29) is 0 Å². The van der Waals surface area contributed by atoms with Gasteiger partial charge in [-0.1, -0.05) is 24.9 Å². The third-order valence-corrected chi connectivity index (χ3v) is 4.33. The molecule has 2 heterocycles. The molecule has 3 rings (SSSR count). The van der Waals surface area contributed by atoms with Crippen LogP contribution in [0.5, 0.6) is 11.5 Å². The van der Waals surface area contributed by atoms with Gasteiger partial charge in [-0.15, -0.1) is 0 Å². The van der Waals surface area contributed by atoms with Crippen LogP contribution < -0.4 is 14.8 Å². The lowest BCUT2D eigenvalue weighted by Gasteiger charge is -2.35. The molecule has 0 amide bonds. The molecule has 5 heteroatoms. The largest absolute Gasteiger partial charge is 0.454 e. The SMILES string of the molecule is CCC[C@H](c1cc2c(cc1Cl)OCO2)N1CCNCC1. The average Bonchev–Trinajstić information content (AvgIpc) is 2.92. The number of rotatable bonds is 4. The topological polar surface area (TPSA) is 33.7 Å². The van der Waals surface area contributed by atoms with Crippen molar-refractivity contribution in [2.45, 2.75) is 25.8 Å². The summed E-state index contributed by atoms with van der Waals surface area (Å²) in [5.74, 6) is 1.58. The summed E-state index contributed by atoms with van der Waals surface area (Å²) in [6.45, 7) is 6.73. The van der Waals surface area contributed by atoms with Crippen LogP contribution in [-0.4, -0.2) is 37.9 Å². The van der Waals surface area contributed by atoms with Crippen LogP contribution in [0.4, 0.5) is 0 Å². The lowest BCUT2D eigenvalue weighted by Crippen LogP contribution is -2.45. The molecule has 0 unspecified atom stereocenters. The third-order valence-electron chi connectivity index (χ3n) is 4.01. The molecule has 1 aromatic rings. The summed E-state index contributed by atoms with van der Waals surface area (Å²) in [6, 6.07) is 4.32. The van der Waals surface area contributed by atoms with Gasteiger partial charge in [0, 0.05) is 43.3 Å². The highest BCUT2D eigenvalue weighted by molar-refractivity contribution is 6.31. The Labute approximate surface area is 125 Å². The Morgan fingerprint density at radius 2 is 1.95 bits per heavy atom. The van der Waals surface area contributed by atoms with Crippen molar-refractivity contribution in [3.8, 4) is 11.5 Å². The minimum atomic E-state index is 0.293. The molecule has 110 valence electrons. The second kappa shape index (κ2) is 6.20. The van der Waals surface area contributed by atoms with Crippen molar-refractivity contribution < 1.29 is 9.47 Å². The van der Waals surface area contributed by atoms with E-state index in [0.717, 1.165) is 55.5 Å². The quantitative estimate of drug-likeness (QED) is 0.926. The van der Waals surface area contributed by atoms with E-state index in [1.165, 1.54) is 5.56 Å². The Balaban J connectivity index is 1.90. The van der Waals surface area contributed by atoms with Crippen LogP contribution >= 0.6 is 11.6 Å². The van der Waals surface area contributed by atoms with Crippen LogP contribution in [0.2, 0.25) is 5.02 Å². The Hall–Kier alpha value is -0.970. The molecule has 0 saturated carbocycles. The van der Waals surface area contributed by atoms with Gasteiger partial charge in [-0.2, -0.15) is 0 Å². The van der Waals surface area contributed by atoms with E-state index in [0.29, 0.717) is 12.8 Å². The number of benzene rings is 1. The molecule has 1 saturated heterocycles. The van der Waals surface area contributed by atoms with Crippen molar-refractivity contribution in [1.82, 2.24) is 10.2 Å². The number of ether oxygens (including phenoxy) is 2. The van der Waals surface area contributed by atoms with Crippen molar-refractivity contribution in [1.29, 1.82) is 0 Å². The molecule has 2 aliphatic heterocycles. The van der Waals surface area contributed by atoms with Gasteiger partial charge in [0.2, 0.25) is 6.79 Å². The van der Waals surface area contributed by atoms with Crippen LogP contribution in [0.1, 0.15) is 31.4 Å². The Kier molecular flexibility index (Phi) is 4.34. The molecule has 1 aromatic carbocycles. The van der Waals surface area contributed by atoms with Crippen molar-refractivity contribution in [3.05, 3.63) is 22.7 Å². The fourth-order valence-electron chi connectivity index (χ4n) is 2.99. The van der Waals surface area contributed by atoms with Crippen LogP contribution in [0.3, 0.4) is 0 Å². The summed E-state index contributed by atoms with van der Waals surface area (Å²) < 4.78 is 10.9. The summed E-state index contributed by atoms with van der Waals surface area (Å²) in [4.78, 5) is 2.52. The van der Waals surface area contributed by atoms with Crippen LogP contribution in [0.15, 0.2) is 12.1 Å². The Morgan fingerprint density at radius 1 is 1.25 bits per heavy atom. The fraction of sp³-hybridized carbons (Fsp3) is 0.600. The van der Waals surface area contributed by atoms with E-state index in [4.69, 9.17) is 21.1 Å². The van der Waals surface area contributed by atoms with Gasteiger partial charge in [0.15, 0.2) is 11.5 Å². The highest BCUT2D eigenvalue weighted by atomic mass is 35.5. The van der Waals surface area contributed by atoms with E-state index in [1.807, 2.05) is 6.07 Å². The van der Waals surface area contributed by atoms with E-state index < -0.39 is 0 Å². The highest BCUT2D eigenvalue weighted by Crippen LogP contribution is 2.41. The Morgan fingerprint density at radius 3 is 2.65 bits per heavy atom. The van der Waals surface area contributed by atoms with Crippen molar-refractivity contribution >= 4 is 11.6 Å². The zero-order valence-electron chi connectivity index (χ0n) is 11.8. The monoisotopic (exact) mass is 296 g/mol. The zero-order chi connectivity index (χ0) is 13.9. The van der Waals surface area contributed by atoms with Gasteiger partial charge in [-0.25, -0.2) is 0 Å². The lowest BCUT2D eigenvalue weighted by molar-refractivity contribution is 0.163. The van der Waals surface area contributed by atoms with Gasteiger partial charge in [0.05, 0.1) is 0 Å². The van der Waals surface area contributed by atoms with Crippen molar-refractivity contribution in [2.24, 2.45) is 0 Å². The van der Waals surface area contributed by atoms with E-state index in [9.17, 15) is 0 Å². The van der Waals surface area contributed by atoms with Crippen LogP contribution in [-0.2, 0) is 0 Å². The van der Waals surface area contributed by atoms with Crippen molar-refractivity contribution in [2.75, 3.05) is 33.0 Å². The second-order valence-electron chi connectivity index (χ2n) is 5.32. The molecule has 20 heavy (non-hydrogen) atoms. The van der Waals surface area contributed by atoms with Gasteiger partial charge >= 0.3 is 0 Å². The fourth-order valence-corrected chi connectivity index (χ4v) is 3.27. The molecular formula is C15H21ClN2O2. The zero-order valence-corrected chi connectivity index (χ0v) is 12.6. The second-order valence-corrected chi connectivity index (χ2v) is 5.72. The minimum Gasteiger partial charge on any atom is -0.454 e. The van der Waals surface area contributed by atoms with Gasteiger partial charge in [0.25, 0.3) is 0 Å². The molecule has 1 fully saturated rings. The lowest BCUT2D eigenvalue weighted by atomic mass is 9.99. The van der Waals surface area contributed by atoms with Gasteiger partial charge in [-0.3, -0.25) is 4.90 Å². The molecule has 0 bridgehead atoms.